The van der Waals surface area contributed by atoms with Gasteiger partial charge in [0.15, 0.2) is 0 Å². The van der Waals surface area contributed by atoms with Gasteiger partial charge in [-0.25, -0.2) is 0 Å². The van der Waals surface area contributed by atoms with Gasteiger partial charge in [-0.05, 0) is 77.9 Å². The van der Waals surface area contributed by atoms with Crippen LogP contribution in [0.4, 0.5) is 0 Å². The fraction of sp³-hybridized carbons (Fsp3) is 0.212. The van der Waals surface area contributed by atoms with Crippen LogP contribution in [-0.4, -0.2) is 14.8 Å². The summed E-state index contributed by atoms with van der Waals surface area (Å²) in [5.41, 5.74) is 8.91. The molecule has 6 aromatic rings. The number of benzene rings is 3. The van der Waals surface area contributed by atoms with E-state index in [1.165, 1.54) is 47.8 Å². The molecular formula is C33H29N3OPt. The molecule has 0 saturated carbocycles. The molecule has 3 aromatic heterocycles. The van der Waals surface area contributed by atoms with Crippen LogP contribution >= 0.6 is 0 Å². The van der Waals surface area contributed by atoms with Crippen molar-refractivity contribution >= 4 is 21.9 Å². The van der Waals surface area contributed by atoms with E-state index in [-0.39, 0.29) is 21.1 Å². The second-order valence-corrected chi connectivity index (χ2v) is 9.85. The maximum Gasteiger partial charge on any atom is 2.00 e. The number of hydrogen-bond acceptors (Lipinski definition) is 3. The number of nitrogens with zero attached hydrogens (tertiary/aromatic N) is 3. The fourth-order valence-corrected chi connectivity index (χ4v) is 4.99. The number of aryl methyl sites for hydroxylation is 2. The van der Waals surface area contributed by atoms with E-state index in [0.29, 0.717) is 5.92 Å². The molecule has 0 spiro atoms. The van der Waals surface area contributed by atoms with Crippen molar-refractivity contribution in [2.45, 2.75) is 45.4 Å². The van der Waals surface area contributed by atoms with Crippen molar-refractivity contribution in [3.63, 3.8) is 0 Å². The van der Waals surface area contributed by atoms with E-state index in [2.05, 4.69) is 66.4 Å². The van der Waals surface area contributed by atoms with Crippen molar-refractivity contribution in [2.75, 3.05) is 0 Å². The zero-order chi connectivity index (χ0) is 25.2. The molecule has 0 saturated heterocycles. The maximum atomic E-state index is 6.31. The van der Waals surface area contributed by atoms with Gasteiger partial charge in [-0.3, -0.25) is 4.68 Å². The minimum Gasteiger partial charge on any atom is -0.501 e. The van der Waals surface area contributed by atoms with E-state index in [0.717, 1.165) is 33.5 Å². The second kappa shape index (κ2) is 11.5. The van der Waals surface area contributed by atoms with Crippen LogP contribution in [0.1, 0.15) is 49.3 Å². The van der Waals surface area contributed by atoms with Crippen LogP contribution in [0.15, 0.2) is 89.7 Å². The Morgan fingerprint density at radius 3 is 2.42 bits per heavy atom. The molecule has 0 aliphatic heterocycles. The Kier molecular flexibility index (Phi) is 7.90. The van der Waals surface area contributed by atoms with Crippen molar-refractivity contribution in [3.05, 3.63) is 114 Å². The molecule has 1 aliphatic rings. The summed E-state index contributed by atoms with van der Waals surface area (Å²) in [6, 6.07) is 29.0. The Hall–Kier alpha value is -3.49. The zero-order valence-electron chi connectivity index (χ0n) is 21.6. The third-order valence-electron chi connectivity index (χ3n) is 7.05. The number of para-hydroxylation sites is 1. The van der Waals surface area contributed by atoms with E-state index in [1.54, 1.807) is 10.9 Å². The summed E-state index contributed by atoms with van der Waals surface area (Å²) >= 11 is 0. The summed E-state index contributed by atoms with van der Waals surface area (Å²) in [5, 5.41) is 6.45. The van der Waals surface area contributed by atoms with Crippen LogP contribution in [0.3, 0.4) is 0 Å². The van der Waals surface area contributed by atoms with Crippen molar-refractivity contribution < 1.29 is 25.5 Å². The van der Waals surface area contributed by atoms with Gasteiger partial charge in [0.05, 0.1) is 5.58 Å². The summed E-state index contributed by atoms with van der Waals surface area (Å²) in [6.07, 6.45) is 10.5. The summed E-state index contributed by atoms with van der Waals surface area (Å²) in [6.45, 7) is 4.37. The number of furan rings is 1. The van der Waals surface area contributed by atoms with E-state index in [9.17, 15) is 0 Å². The predicted molar refractivity (Wildman–Crippen MR) is 149 cm³/mol. The Morgan fingerprint density at radius 2 is 1.74 bits per heavy atom. The predicted octanol–water partition coefficient (Wildman–Crippen LogP) is 8.12. The number of hydrogen-bond donors (Lipinski definition) is 0. The molecule has 0 atom stereocenters. The zero-order valence-corrected chi connectivity index (χ0v) is 23.8. The molecule has 3 aromatic carbocycles. The molecular weight excluding hydrogens is 649 g/mol. The number of rotatable bonds is 3. The van der Waals surface area contributed by atoms with Gasteiger partial charge in [-0.2, -0.15) is 29.4 Å². The molecule has 0 N–H and O–H groups in total. The molecule has 0 amide bonds. The van der Waals surface area contributed by atoms with Gasteiger partial charge < -0.3 is 9.40 Å². The third kappa shape index (κ3) is 5.24. The Labute approximate surface area is 238 Å². The van der Waals surface area contributed by atoms with E-state index in [4.69, 9.17) is 4.42 Å². The van der Waals surface area contributed by atoms with Crippen LogP contribution in [0.2, 0.25) is 0 Å². The minimum atomic E-state index is 0. The molecule has 7 rings (SSSR count). The standard InChI is InChI=1S/C24H22NO.C9H7N2.Pt/c1-15(2)18-10-11-22(25-14-18)20-9-5-8-19-21-12-16-6-3-4-7-17(16)13-23(21)26-24(19)20;1-2-5-9(6-3-1)11-8-4-7-10-11;/h5,8,10-15H,3-4,6-7H2,1-2H3;1-5,7-8H;/q2*-1;+2. The topological polar surface area (TPSA) is 43.9 Å². The van der Waals surface area contributed by atoms with Gasteiger partial charge in [0.25, 0.3) is 0 Å². The maximum absolute atomic E-state index is 6.31. The minimum absolute atomic E-state index is 0. The first kappa shape index (κ1) is 26.1. The third-order valence-corrected chi connectivity index (χ3v) is 7.05. The van der Waals surface area contributed by atoms with E-state index < -0.39 is 0 Å². The smallest absolute Gasteiger partial charge is 0.501 e. The van der Waals surface area contributed by atoms with Crippen LogP contribution in [-0.2, 0) is 33.9 Å². The van der Waals surface area contributed by atoms with Gasteiger partial charge in [-0.1, -0.05) is 36.9 Å². The Morgan fingerprint density at radius 1 is 0.895 bits per heavy atom. The quantitative estimate of drug-likeness (QED) is 0.178. The van der Waals surface area contributed by atoms with Crippen LogP contribution in [0.25, 0.3) is 38.9 Å². The summed E-state index contributed by atoms with van der Waals surface area (Å²) in [4.78, 5) is 4.68. The molecule has 0 fully saturated rings. The van der Waals surface area contributed by atoms with E-state index in [1.807, 2.05) is 48.8 Å². The van der Waals surface area contributed by atoms with Crippen molar-refractivity contribution in [3.8, 4) is 16.9 Å². The van der Waals surface area contributed by atoms with Crippen LogP contribution < -0.4 is 0 Å². The van der Waals surface area contributed by atoms with Crippen molar-refractivity contribution in [1.82, 2.24) is 14.8 Å². The molecule has 0 bridgehead atoms. The first-order chi connectivity index (χ1) is 18.2. The summed E-state index contributed by atoms with van der Waals surface area (Å²) < 4.78 is 8.09. The molecule has 0 radical (unpaired) electrons. The van der Waals surface area contributed by atoms with Gasteiger partial charge in [0.1, 0.15) is 5.58 Å². The first-order valence-corrected chi connectivity index (χ1v) is 13.0. The monoisotopic (exact) mass is 678 g/mol. The normalized spacial score (nSPS) is 12.6. The van der Waals surface area contributed by atoms with Crippen LogP contribution in [0, 0.1) is 12.1 Å². The molecule has 1 aliphatic carbocycles. The van der Waals surface area contributed by atoms with Gasteiger partial charge >= 0.3 is 21.1 Å². The first-order valence-electron chi connectivity index (χ1n) is 13.0. The molecule has 4 nitrogen and oxygen atoms in total. The summed E-state index contributed by atoms with van der Waals surface area (Å²) in [7, 11) is 0. The summed E-state index contributed by atoms with van der Waals surface area (Å²) in [5.74, 6) is 0.480. The average molecular weight is 679 g/mol. The second-order valence-electron chi connectivity index (χ2n) is 9.85. The fourth-order valence-electron chi connectivity index (χ4n) is 4.99. The molecule has 3 heterocycles. The number of fused-ring (bicyclic) bond motifs is 4. The Balaban J connectivity index is 0.000000206. The van der Waals surface area contributed by atoms with Gasteiger partial charge in [0.2, 0.25) is 0 Å². The van der Waals surface area contributed by atoms with E-state index >= 15 is 0 Å². The van der Waals surface area contributed by atoms with Gasteiger partial charge in [-0.15, -0.1) is 24.3 Å². The Bertz CT molecular complexity index is 1640. The number of aromatic nitrogens is 3. The van der Waals surface area contributed by atoms with Crippen molar-refractivity contribution in [1.29, 1.82) is 0 Å². The molecule has 0 unspecified atom stereocenters. The molecule has 192 valence electrons. The van der Waals surface area contributed by atoms with Crippen molar-refractivity contribution in [2.24, 2.45) is 0 Å². The van der Waals surface area contributed by atoms with Gasteiger partial charge in [0, 0.05) is 24.0 Å². The SMILES string of the molecule is CC(C)c1ccc(-c2[c-]ccc3c2oc2cc4c(cc23)CCCC4)nc1.[Pt+2].[c-]1ccccc1-n1cccn1. The number of pyridine rings is 1. The average Bonchev–Trinajstić information content (AvgIpc) is 3.61. The van der Waals surface area contributed by atoms with Crippen LogP contribution in [0.5, 0.6) is 0 Å². The molecule has 5 heteroatoms. The molecule has 38 heavy (non-hydrogen) atoms. The largest absolute Gasteiger partial charge is 2.00 e.